The molecule has 0 amide bonds. The summed E-state index contributed by atoms with van der Waals surface area (Å²) in [5.74, 6) is 0.272. The summed E-state index contributed by atoms with van der Waals surface area (Å²) in [4.78, 5) is 12.9. The van der Waals surface area contributed by atoms with E-state index in [2.05, 4.69) is 13.8 Å². The molecule has 0 radical (unpaired) electrons. The zero-order valence-electron chi connectivity index (χ0n) is 10.6. The Bertz CT molecular complexity index is 357. The molecular formula is C13H20O3S. The molecule has 0 saturated heterocycles. The average molecular weight is 256 g/mol. The van der Waals surface area contributed by atoms with Crippen LogP contribution in [-0.2, 0) is 4.74 Å². The maximum atomic E-state index is 11.5. The zero-order valence-corrected chi connectivity index (χ0v) is 11.4. The van der Waals surface area contributed by atoms with E-state index in [1.807, 2.05) is 6.07 Å². The summed E-state index contributed by atoms with van der Waals surface area (Å²) in [5, 5.41) is 9.95. The Morgan fingerprint density at radius 3 is 2.71 bits per heavy atom. The van der Waals surface area contributed by atoms with Crippen molar-refractivity contribution in [3.05, 3.63) is 21.9 Å². The molecular weight excluding hydrogens is 236 g/mol. The Hall–Kier alpha value is -0.870. The molecule has 0 aromatic carbocycles. The van der Waals surface area contributed by atoms with Crippen LogP contribution in [0.5, 0.6) is 0 Å². The van der Waals surface area contributed by atoms with Gasteiger partial charge in [-0.1, -0.05) is 13.8 Å². The summed E-state index contributed by atoms with van der Waals surface area (Å²) in [6.45, 7) is 6.42. The van der Waals surface area contributed by atoms with Gasteiger partial charge in [0.25, 0.3) is 0 Å². The standard InChI is InChI=1S/C13H20O3S/c1-4-16-13(15)12-8-7-11(17-12)10(14)6-5-9(2)3/h7-10,14H,4-6H2,1-3H3. The molecule has 0 saturated carbocycles. The predicted molar refractivity (Wildman–Crippen MR) is 69.3 cm³/mol. The van der Waals surface area contributed by atoms with Gasteiger partial charge in [-0.15, -0.1) is 11.3 Å². The fourth-order valence-electron chi connectivity index (χ4n) is 1.48. The molecule has 96 valence electrons. The Labute approximate surface area is 106 Å². The van der Waals surface area contributed by atoms with Crippen LogP contribution in [0.15, 0.2) is 12.1 Å². The first-order chi connectivity index (χ1) is 8.04. The summed E-state index contributed by atoms with van der Waals surface area (Å²) in [6.07, 6.45) is 1.25. The van der Waals surface area contributed by atoms with Crippen LogP contribution in [0.2, 0.25) is 0 Å². The summed E-state index contributed by atoms with van der Waals surface area (Å²) in [7, 11) is 0. The van der Waals surface area contributed by atoms with E-state index in [-0.39, 0.29) is 5.97 Å². The first-order valence-corrected chi connectivity index (χ1v) is 6.81. The SMILES string of the molecule is CCOC(=O)c1ccc(C(O)CCC(C)C)s1. The first-order valence-electron chi connectivity index (χ1n) is 5.99. The molecule has 0 fully saturated rings. The predicted octanol–water partition coefficient (Wildman–Crippen LogP) is 3.39. The van der Waals surface area contributed by atoms with Crippen LogP contribution in [0, 0.1) is 5.92 Å². The number of ether oxygens (including phenoxy) is 1. The molecule has 0 spiro atoms. The van der Waals surface area contributed by atoms with Gasteiger partial charge in [-0.3, -0.25) is 0 Å². The number of carbonyl (C=O) groups is 1. The highest BCUT2D eigenvalue weighted by Gasteiger charge is 2.15. The van der Waals surface area contributed by atoms with Crippen LogP contribution in [0.25, 0.3) is 0 Å². The average Bonchev–Trinajstić information content (AvgIpc) is 2.75. The summed E-state index contributed by atoms with van der Waals surface area (Å²) < 4.78 is 4.91. The van der Waals surface area contributed by atoms with Gasteiger partial charge in [0.2, 0.25) is 0 Å². The highest BCUT2D eigenvalue weighted by molar-refractivity contribution is 7.14. The minimum atomic E-state index is -0.467. The lowest BCUT2D eigenvalue weighted by molar-refractivity contribution is 0.0532. The highest BCUT2D eigenvalue weighted by atomic mass is 32.1. The van der Waals surface area contributed by atoms with Crippen molar-refractivity contribution in [2.45, 2.75) is 39.7 Å². The second kappa shape index (κ2) is 6.77. The number of carbonyl (C=O) groups excluding carboxylic acids is 1. The highest BCUT2D eigenvalue weighted by Crippen LogP contribution is 2.27. The quantitative estimate of drug-likeness (QED) is 0.793. The smallest absolute Gasteiger partial charge is 0.348 e. The van der Waals surface area contributed by atoms with Gasteiger partial charge in [-0.2, -0.15) is 0 Å². The van der Waals surface area contributed by atoms with Gasteiger partial charge in [0.05, 0.1) is 12.7 Å². The Morgan fingerprint density at radius 1 is 1.41 bits per heavy atom. The van der Waals surface area contributed by atoms with Crippen molar-refractivity contribution in [3.8, 4) is 0 Å². The van der Waals surface area contributed by atoms with Crippen molar-refractivity contribution in [2.24, 2.45) is 5.92 Å². The fourth-order valence-corrected chi connectivity index (χ4v) is 2.40. The van der Waals surface area contributed by atoms with Crippen molar-refractivity contribution >= 4 is 17.3 Å². The van der Waals surface area contributed by atoms with Crippen LogP contribution in [0.1, 0.15) is 54.3 Å². The third-order valence-electron chi connectivity index (χ3n) is 2.45. The lowest BCUT2D eigenvalue weighted by Gasteiger charge is -2.09. The molecule has 0 aliphatic heterocycles. The molecule has 0 aliphatic carbocycles. The van der Waals surface area contributed by atoms with Crippen LogP contribution in [0.3, 0.4) is 0 Å². The van der Waals surface area contributed by atoms with Crippen molar-refractivity contribution in [1.82, 2.24) is 0 Å². The lowest BCUT2D eigenvalue weighted by atomic mass is 10.0. The number of thiophene rings is 1. The summed E-state index contributed by atoms with van der Waals surface area (Å²) >= 11 is 1.32. The van der Waals surface area contributed by atoms with E-state index in [1.165, 1.54) is 11.3 Å². The molecule has 0 bridgehead atoms. The van der Waals surface area contributed by atoms with E-state index in [0.717, 1.165) is 17.7 Å². The van der Waals surface area contributed by atoms with Crippen molar-refractivity contribution in [3.63, 3.8) is 0 Å². The van der Waals surface area contributed by atoms with Gasteiger partial charge in [0, 0.05) is 4.88 Å². The largest absolute Gasteiger partial charge is 0.462 e. The summed E-state index contributed by atoms with van der Waals surface area (Å²) in [5.41, 5.74) is 0. The summed E-state index contributed by atoms with van der Waals surface area (Å²) in [6, 6.07) is 3.53. The van der Waals surface area contributed by atoms with E-state index in [4.69, 9.17) is 4.74 Å². The third kappa shape index (κ3) is 4.48. The minimum Gasteiger partial charge on any atom is -0.462 e. The van der Waals surface area contributed by atoms with E-state index in [0.29, 0.717) is 17.4 Å². The van der Waals surface area contributed by atoms with Crippen LogP contribution in [0.4, 0.5) is 0 Å². The second-order valence-corrected chi connectivity index (χ2v) is 5.52. The molecule has 3 nitrogen and oxygen atoms in total. The van der Waals surface area contributed by atoms with Gasteiger partial charge in [-0.05, 0) is 37.8 Å². The van der Waals surface area contributed by atoms with Crippen LogP contribution < -0.4 is 0 Å². The molecule has 0 aliphatic rings. The maximum absolute atomic E-state index is 11.5. The normalized spacial score (nSPS) is 12.8. The molecule has 1 atom stereocenters. The van der Waals surface area contributed by atoms with E-state index in [9.17, 15) is 9.90 Å². The Balaban J connectivity index is 2.57. The molecule has 4 heteroatoms. The van der Waals surface area contributed by atoms with Crippen molar-refractivity contribution in [1.29, 1.82) is 0 Å². The zero-order chi connectivity index (χ0) is 12.8. The molecule has 1 aromatic heterocycles. The fraction of sp³-hybridized carbons (Fsp3) is 0.615. The van der Waals surface area contributed by atoms with Crippen LogP contribution >= 0.6 is 11.3 Å². The topological polar surface area (TPSA) is 46.5 Å². The number of aliphatic hydroxyl groups is 1. The number of hydrogen-bond donors (Lipinski definition) is 1. The number of esters is 1. The molecule has 1 heterocycles. The third-order valence-corrected chi connectivity index (χ3v) is 3.62. The second-order valence-electron chi connectivity index (χ2n) is 4.41. The molecule has 17 heavy (non-hydrogen) atoms. The van der Waals surface area contributed by atoms with E-state index >= 15 is 0 Å². The Kier molecular flexibility index (Phi) is 5.65. The van der Waals surface area contributed by atoms with Gasteiger partial charge in [0.1, 0.15) is 4.88 Å². The maximum Gasteiger partial charge on any atom is 0.348 e. The van der Waals surface area contributed by atoms with Gasteiger partial charge in [0.15, 0.2) is 0 Å². The van der Waals surface area contributed by atoms with Gasteiger partial charge < -0.3 is 9.84 Å². The number of rotatable bonds is 6. The minimum absolute atomic E-state index is 0.306. The number of aliphatic hydroxyl groups excluding tert-OH is 1. The molecule has 1 unspecified atom stereocenters. The van der Waals surface area contributed by atoms with Gasteiger partial charge in [-0.25, -0.2) is 4.79 Å². The molecule has 1 rings (SSSR count). The van der Waals surface area contributed by atoms with Crippen molar-refractivity contribution in [2.75, 3.05) is 6.61 Å². The number of hydrogen-bond acceptors (Lipinski definition) is 4. The molecule has 1 N–H and O–H groups in total. The molecule has 1 aromatic rings. The van der Waals surface area contributed by atoms with Crippen LogP contribution in [-0.4, -0.2) is 17.7 Å². The Morgan fingerprint density at radius 2 is 2.12 bits per heavy atom. The van der Waals surface area contributed by atoms with E-state index < -0.39 is 6.10 Å². The monoisotopic (exact) mass is 256 g/mol. The van der Waals surface area contributed by atoms with Gasteiger partial charge >= 0.3 is 5.97 Å². The first kappa shape index (κ1) is 14.2. The van der Waals surface area contributed by atoms with Crippen molar-refractivity contribution < 1.29 is 14.6 Å². The lowest BCUT2D eigenvalue weighted by Crippen LogP contribution is -2.01. The van der Waals surface area contributed by atoms with E-state index in [1.54, 1.807) is 13.0 Å².